The van der Waals surface area contributed by atoms with Crippen LogP contribution in [0, 0.1) is 0 Å². The van der Waals surface area contributed by atoms with Gasteiger partial charge in [-0.05, 0) is 38.5 Å². The summed E-state index contributed by atoms with van der Waals surface area (Å²) in [7, 11) is 0. The lowest BCUT2D eigenvalue weighted by Crippen LogP contribution is -2.51. The highest BCUT2D eigenvalue weighted by atomic mass is 79.9. The molecule has 0 spiro atoms. The first-order valence-corrected chi connectivity index (χ1v) is 6.23. The molecule has 0 aliphatic carbocycles. The second kappa shape index (κ2) is 5.29. The summed E-state index contributed by atoms with van der Waals surface area (Å²) in [5, 5.41) is 0. The molecule has 0 amide bonds. The summed E-state index contributed by atoms with van der Waals surface area (Å²) in [5.74, 6) is 0. The van der Waals surface area contributed by atoms with Crippen LogP contribution in [0.2, 0.25) is 0 Å². The lowest BCUT2D eigenvalue weighted by Gasteiger charge is -2.32. The van der Waals surface area contributed by atoms with Crippen LogP contribution in [0.5, 0.6) is 0 Å². The number of rotatable bonds is 4. The first-order chi connectivity index (χ1) is 7.74. The standard InChI is InChI=1S/C13H18BrNO2/c1-12(2,3)17-13(15,9-16)8-10-4-6-11(14)7-5-10/h4-7,9H,8,15H2,1-3H3. The smallest absolute Gasteiger partial charge is 0.177 e. The highest BCUT2D eigenvalue weighted by Gasteiger charge is 2.31. The van der Waals surface area contributed by atoms with Gasteiger partial charge in [0.05, 0.1) is 5.60 Å². The van der Waals surface area contributed by atoms with E-state index in [1.807, 2.05) is 45.0 Å². The van der Waals surface area contributed by atoms with E-state index in [1.54, 1.807) is 0 Å². The summed E-state index contributed by atoms with van der Waals surface area (Å²) in [6, 6.07) is 7.66. The summed E-state index contributed by atoms with van der Waals surface area (Å²) in [6.45, 7) is 5.62. The highest BCUT2D eigenvalue weighted by molar-refractivity contribution is 9.10. The van der Waals surface area contributed by atoms with Crippen molar-refractivity contribution in [1.82, 2.24) is 0 Å². The molecule has 0 aliphatic rings. The topological polar surface area (TPSA) is 52.3 Å². The fourth-order valence-electron chi connectivity index (χ4n) is 1.59. The largest absolute Gasteiger partial charge is 0.348 e. The molecule has 1 rings (SSSR count). The molecular weight excluding hydrogens is 282 g/mol. The van der Waals surface area contributed by atoms with Gasteiger partial charge in [-0.3, -0.25) is 10.5 Å². The summed E-state index contributed by atoms with van der Waals surface area (Å²) in [5.41, 5.74) is 5.19. The molecule has 0 fully saturated rings. The quantitative estimate of drug-likeness (QED) is 0.687. The Bertz CT molecular complexity index is 383. The molecule has 3 nitrogen and oxygen atoms in total. The SMILES string of the molecule is CC(C)(C)OC(N)(C=O)Cc1ccc(Br)cc1. The monoisotopic (exact) mass is 299 g/mol. The number of carbonyl (C=O) groups excluding carboxylic acids is 1. The number of ether oxygens (including phenoxy) is 1. The highest BCUT2D eigenvalue weighted by Crippen LogP contribution is 2.20. The lowest BCUT2D eigenvalue weighted by molar-refractivity contribution is -0.151. The van der Waals surface area contributed by atoms with Crippen LogP contribution in [-0.2, 0) is 16.0 Å². The maximum atomic E-state index is 11.1. The van der Waals surface area contributed by atoms with Gasteiger partial charge in [0, 0.05) is 10.9 Å². The number of benzene rings is 1. The van der Waals surface area contributed by atoms with Gasteiger partial charge in [-0.15, -0.1) is 0 Å². The third kappa shape index (κ3) is 4.98. The molecule has 0 radical (unpaired) electrons. The maximum absolute atomic E-state index is 11.1. The number of nitrogens with two attached hydrogens (primary N) is 1. The fraction of sp³-hybridized carbons (Fsp3) is 0.462. The molecule has 0 aliphatic heterocycles. The third-order valence-electron chi connectivity index (χ3n) is 2.09. The zero-order valence-electron chi connectivity index (χ0n) is 10.4. The second-order valence-corrected chi connectivity index (χ2v) is 6.01. The number of aldehydes is 1. The molecule has 17 heavy (non-hydrogen) atoms. The van der Waals surface area contributed by atoms with Crippen molar-refractivity contribution >= 4 is 22.2 Å². The van der Waals surface area contributed by atoms with Crippen LogP contribution in [0.3, 0.4) is 0 Å². The molecule has 1 aromatic carbocycles. The molecule has 0 heterocycles. The van der Waals surface area contributed by atoms with Gasteiger partial charge in [0.1, 0.15) is 0 Å². The van der Waals surface area contributed by atoms with Crippen molar-refractivity contribution < 1.29 is 9.53 Å². The summed E-state index contributed by atoms with van der Waals surface area (Å²) in [4.78, 5) is 11.1. The molecular formula is C13H18BrNO2. The van der Waals surface area contributed by atoms with Crippen molar-refractivity contribution in [2.24, 2.45) is 5.73 Å². The minimum atomic E-state index is -1.27. The Morgan fingerprint density at radius 3 is 2.24 bits per heavy atom. The molecule has 1 atom stereocenters. The first-order valence-electron chi connectivity index (χ1n) is 5.44. The molecule has 1 aromatic rings. The lowest BCUT2D eigenvalue weighted by atomic mass is 10.0. The average molecular weight is 300 g/mol. The molecule has 0 bridgehead atoms. The van der Waals surface area contributed by atoms with Crippen molar-refractivity contribution in [3.8, 4) is 0 Å². The molecule has 0 saturated heterocycles. The van der Waals surface area contributed by atoms with E-state index in [1.165, 1.54) is 0 Å². The van der Waals surface area contributed by atoms with E-state index in [-0.39, 0.29) is 0 Å². The first kappa shape index (κ1) is 14.4. The van der Waals surface area contributed by atoms with Crippen LogP contribution >= 0.6 is 15.9 Å². The van der Waals surface area contributed by atoms with E-state index >= 15 is 0 Å². The Morgan fingerprint density at radius 1 is 1.29 bits per heavy atom. The van der Waals surface area contributed by atoms with Gasteiger partial charge < -0.3 is 4.74 Å². The van der Waals surface area contributed by atoms with E-state index < -0.39 is 11.3 Å². The normalized spacial score (nSPS) is 15.4. The number of carbonyl (C=O) groups is 1. The minimum absolute atomic E-state index is 0.362. The Balaban J connectivity index is 2.82. The summed E-state index contributed by atoms with van der Waals surface area (Å²) < 4.78 is 6.60. The van der Waals surface area contributed by atoms with Crippen molar-refractivity contribution in [3.05, 3.63) is 34.3 Å². The van der Waals surface area contributed by atoms with Crippen LogP contribution in [0.4, 0.5) is 0 Å². The number of hydrogen-bond acceptors (Lipinski definition) is 3. The summed E-state index contributed by atoms with van der Waals surface area (Å²) in [6.07, 6.45) is 1.03. The molecule has 2 N–H and O–H groups in total. The average Bonchev–Trinajstić information content (AvgIpc) is 2.19. The van der Waals surface area contributed by atoms with E-state index in [2.05, 4.69) is 15.9 Å². The van der Waals surface area contributed by atoms with E-state index in [0.717, 1.165) is 10.0 Å². The van der Waals surface area contributed by atoms with Crippen LogP contribution < -0.4 is 5.73 Å². The van der Waals surface area contributed by atoms with Gasteiger partial charge in [0.2, 0.25) is 0 Å². The van der Waals surface area contributed by atoms with Gasteiger partial charge >= 0.3 is 0 Å². The Kier molecular flexibility index (Phi) is 4.47. The zero-order valence-corrected chi connectivity index (χ0v) is 12.0. The third-order valence-corrected chi connectivity index (χ3v) is 2.62. The molecule has 4 heteroatoms. The van der Waals surface area contributed by atoms with Crippen molar-refractivity contribution in [3.63, 3.8) is 0 Å². The zero-order chi connectivity index (χ0) is 13.1. The predicted molar refractivity (Wildman–Crippen MR) is 71.7 cm³/mol. The van der Waals surface area contributed by atoms with Gasteiger partial charge in [-0.1, -0.05) is 28.1 Å². The Labute approximate surface area is 110 Å². The second-order valence-electron chi connectivity index (χ2n) is 5.09. The van der Waals surface area contributed by atoms with E-state index in [4.69, 9.17) is 10.5 Å². The fourth-order valence-corrected chi connectivity index (χ4v) is 1.86. The van der Waals surface area contributed by atoms with Crippen LogP contribution in [0.1, 0.15) is 26.3 Å². The van der Waals surface area contributed by atoms with Crippen molar-refractivity contribution in [2.75, 3.05) is 0 Å². The minimum Gasteiger partial charge on any atom is -0.348 e. The van der Waals surface area contributed by atoms with E-state index in [0.29, 0.717) is 12.7 Å². The molecule has 1 unspecified atom stereocenters. The van der Waals surface area contributed by atoms with Crippen molar-refractivity contribution in [2.45, 2.75) is 38.5 Å². The maximum Gasteiger partial charge on any atom is 0.177 e. The summed E-state index contributed by atoms with van der Waals surface area (Å²) >= 11 is 3.36. The molecule has 0 saturated carbocycles. The van der Waals surface area contributed by atoms with Gasteiger partial charge in [-0.2, -0.15) is 0 Å². The van der Waals surface area contributed by atoms with Gasteiger partial charge in [-0.25, -0.2) is 0 Å². The number of halogens is 1. The van der Waals surface area contributed by atoms with Gasteiger partial charge in [0.25, 0.3) is 0 Å². The van der Waals surface area contributed by atoms with Crippen molar-refractivity contribution in [1.29, 1.82) is 0 Å². The number of hydrogen-bond donors (Lipinski definition) is 1. The van der Waals surface area contributed by atoms with Crippen LogP contribution in [0.15, 0.2) is 28.7 Å². The van der Waals surface area contributed by atoms with Gasteiger partial charge in [0.15, 0.2) is 12.0 Å². The predicted octanol–water partition coefficient (Wildman–Crippen LogP) is 2.66. The molecule has 0 aromatic heterocycles. The van der Waals surface area contributed by atoms with E-state index in [9.17, 15) is 4.79 Å². The van der Waals surface area contributed by atoms with Crippen LogP contribution in [-0.4, -0.2) is 17.6 Å². The Morgan fingerprint density at radius 2 is 1.82 bits per heavy atom. The molecule has 94 valence electrons. The van der Waals surface area contributed by atoms with Crippen LogP contribution in [0.25, 0.3) is 0 Å². The Hall–Kier alpha value is -0.710.